The molecule has 0 radical (unpaired) electrons. The Kier molecular flexibility index (Phi) is 4.47. The first-order valence-electron chi connectivity index (χ1n) is 4.60. The minimum atomic E-state index is -4.81. The van der Waals surface area contributed by atoms with Crippen molar-refractivity contribution in [2.45, 2.75) is 9.79 Å². The molecule has 21 heavy (non-hydrogen) atoms. The first-order chi connectivity index (χ1) is 9.37. The number of hydrogen-bond acceptors (Lipinski definition) is 5. The average molecular weight is 432 g/mol. The molecule has 0 atom stereocenters. The van der Waals surface area contributed by atoms with Crippen LogP contribution in [0.4, 0.5) is 0 Å². The smallest absolute Gasteiger partial charge is 0.282 e. The van der Waals surface area contributed by atoms with Crippen LogP contribution in [0.5, 0.6) is 0 Å². The molecule has 2 rings (SSSR count). The van der Waals surface area contributed by atoms with Crippen LogP contribution in [-0.4, -0.2) is 25.9 Å². The quantitative estimate of drug-likeness (QED) is 0.549. The zero-order chi connectivity index (χ0) is 16.3. The zero-order valence-corrected chi connectivity index (χ0v) is 14.7. The van der Waals surface area contributed by atoms with E-state index in [9.17, 15) is 21.4 Å². The lowest BCUT2D eigenvalue weighted by Gasteiger charge is -2.08. The van der Waals surface area contributed by atoms with Crippen LogP contribution in [0.2, 0.25) is 19.4 Å². The van der Waals surface area contributed by atoms with E-state index in [4.69, 9.17) is 51.0 Å². The number of rotatable bonds is 2. The van der Waals surface area contributed by atoms with Gasteiger partial charge in [-0.25, -0.2) is 0 Å². The van der Waals surface area contributed by atoms with Crippen molar-refractivity contribution in [2.75, 3.05) is 0 Å². The molecular formula is C8H2Cl4O6S3. The van der Waals surface area contributed by atoms with Crippen LogP contribution in [0, 0.1) is 0 Å². The molecule has 1 heterocycles. The highest BCUT2D eigenvalue weighted by Crippen LogP contribution is 2.50. The predicted molar refractivity (Wildman–Crippen MR) is 81.5 cm³/mol. The maximum absolute atomic E-state index is 11.4. The molecule has 0 bridgehead atoms. The van der Waals surface area contributed by atoms with Gasteiger partial charge in [0.05, 0.1) is 19.8 Å². The van der Waals surface area contributed by atoms with Gasteiger partial charge in [0.2, 0.25) is 0 Å². The lowest BCUT2D eigenvalue weighted by molar-refractivity contribution is 0.482. The van der Waals surface area contributed by atoms with Gasteiger partial charge in [-0.15, -0.1) is 11.3 Å². The Morgan fingerprint density at radius 1 is 0.762 bits per heavy atom. The van der Waals surface area contributed by atoms with Crippen molar-refractivity contribution in [1.29, 1.82) is 0 Å². The van der Waals surface area contributed by atoms with Gasteiger partial charge in [-0.1, -0.05) is 46.4 Å². The molecule has 0 spiro atoms. The van der Waals surface area contributed by atoms with E-state index in [1.807, 2.05) is 0 Å². The fourth-order valence-corrected chi connectivity index (χ4v) is 6.57. The third kappa shape index (κ3) is 2.87. The fourth-order valence-electron chi connectivity index (χ4n) is 1.61. The Labute approximate surface area is 142 Å². The maximum Gasteiger partial charge on any atom is 0.297 e. The van der Waals surface area contributed by atoms with Crippen molar-refractivity contribution < 1.29 is 25.9 Å². The molecule has 0 aliphatic heterocycles. The van der Waals surface area contributed by atoms with Crippen molar-refractivity contribution in [3.63, 3.8) is 0 Å². The molecule has 0 amide bonds. The second-order valence-corrected chi connectivity index (χ2v) is 9.10. The van der Waals surface area contributed by atoms with E-state index in [1.165, 1.54) is 0 Å². The normalized spacial score (nSPS) is 13.0. The van der Waals surface area contributed by atoms with Gasteiger partial charge in [0.1, 0.15) is 14.1 Å². The lowest BCUT2D eigenvalue weighted by atomic mass is 10.2. The van der Waals surface area contributed by atoms with Gasteiger partial charge in [-0.3, -0.25) is 9.11 Å². The molecule has 6 nitrogen and oxygen atoms in total. The van der Waals surface area contributed by atoms with E-state index >= 15 is 0 Å². The summed E-state index contributed by atoms with van der Waals surface area (Å²) in [5, 5.41) is -2.09. The van der Waals surface area contributed by atoms with Crippen molar-refractivity contribution in [3.05, 3.63) is 19.4 Å². The largest absolute Gasteiger partial charge is 0.297 e. The third-order valence-corrected chi connectivity index (χ3v) is 7.42. The van der Waals surface area contributed by atoms with Crippen molar-refractivity contribution in [1.82, 2.24) is 0 Å². The van der Waals surface area contributed by atoms with Gasteiger partial charge in [0.15, 0.2) is 0 Å². The van der Waals surface area contributed by atoms with Crippen molar-refractivity contribution >= 4 is 88.1 Å². The molecule has 13 heteroatoms. The van der Waals surface area contributed by atoms with Crippen LogP contribution >= 0.6 is 57.7 Å². The summed E-state index contributed by atoms with van der Waals surface area (Å²) in [5.74, 6) is 0. The van der Waals surface area contributed by atoms with Crippen LogP contribution in [0.25, 0.3) is 10.1 Å². The van der Waals surface area contributed by atoms with Gasteiger partial charge in [0.25, 0.3) is 20.2 Å². The maximum atomic E-state index is 11.4. The number of fused-ring (bicyclic) bond motifs is 1. The summed E-state index contributed by atoms with van der Waals surface area (Å²) >= 11 is 23.7. The van der Waals surface area contributed by atoms with Gasteiger partial charge in [-0.05, 0) is 0 Å². The van der Waals surface area contributed by atoms with Crippen LogP contribution in [-0.2, 0) is 20.2 Å². The van der Waals surface area contributed by atoms with Crippen molar-refractivity contribution in [3.8, 4) is 0 Å². The zero-order valence-electron chi connectivity index (χ0n) is 9.26. The number of thiophene rings is 1. The second-order valence-electron chi connectivity index (χ2n) is 3.63. The summed E-state index contributed by atoms with van der Waals surface area (Å²) in [4.78, 5) is -1.61. The number of halogens is 4. The minimum absolute atomic E-state index is 0.156. The topological polar surface area (TPSA) is 109 Å². The molecule has 2 N–H and O–H groups in total. The Balaban J connectivity index is 3.19. The molecule has 0 unspecified atom stereocenters. The molecule has 2 aromatic rings. The van der Waals surface area contributed by atoms with E-state index in [-0.39, 0.29) is 14.4 Å². The Hall–Kier alpha value is 0.160. The second kappa shape index (κ2) is 5.36. The molecule has 0 aliphatic rings. The standard InChI is InChI=1S/C8H2Cl4O6S3/c9-2-1-5(19-8(12)6(1)20(13,14)15)4(11)7(3(2)10)21(16,17)18/h(H,13,14,15)(H,16,17,18). The summed E-state index contributed by atoms with van der Waals surface area (Å²) in [7, 11) is -9.57. The van der Waals surface area contributed by atoms with E-state index < -0.39 is 45.1 Å². The monoisotopic (exact) mass is 430 g/mol. The molecule has 0 fully saturated rings. The molecule has 1 aromatic carbocycles. The molecule has 0 saturated carbocycles. The van der Waals surface area contributed by atoms with Crippen molar-refractivity contribution in [2.24, 2.45) is 0 Å². The van der Waals surface area contributed by atoms with E-state index in [0.29, 0.717) is 11.3 Å². The lowest BCUT2D eigenvalue weighted by Crippen LogP contribution is -2.02. The first kappa shape index (κ1) is 17.5. The predicted octanol–water partition coefficient (Wildman–Crippen LogP) is 4.01. The highest BCUT2D eigenvalue weighted by Gasteiger charge is 2.32. The minimum Gasteiger partial charge on any atom is -0.282 e. The third-order valence-electron chi connectivity index (χ3n) is 2.35. The Bertz CT molecular complexity index is 976. The molecule has 0 saturated heterocycles. The highest BCUT2D eigenvalue weighted by molar-refractivity contribution is 7.86. The van der Waals surface area contributed by atoms with Crippen LogP contribution in [0.15, 0.2) is 9.79 Å². The molecule has 1 aromatic heterocycles. The van der Waals surface area contributed by atoms with E-state index in [2.05, 4.69) is 0 Å². The average Bonchev–Trinajstić information content (AvgIpc) is 2.62. The highest BCUT2D eigenvalue weighted by atomic mass is 35.5. The number of benzene rings is 1. The van der Waals surface area contributed by atoms with E-state index in [1.54, 1.807) is 0 Å². The van der Waals surface area contributed by atoms with Gasteiger partial charge in [0, 0.05) is 5.39 Å². The fraction of sp³-hybridized carbons (Fsp3) is 0. The summed E-state index contributed by atoms with van der Waals surface area (Å²) in [6.07, 6.45) is 0. The molecular weight excluding hydrogens is 430 g/mol. The summed E-state index contributed by atoms with van der Waals surface area (Å²) < 4.78 is 63.0. The van der Waals surface area contributed by atoms with Gasteiger partial charge < -0.3 is 0 Å². The van der Waals surface area contributed by atoms with Gasteiger partial charge in [-0.2, -0.15) is 16.8 Å². The van der Waals surface area contributed by atoms with Crippen LogP contribution in [0.3, 0.4) is 0 Å². The van der Waals surface area contributed by atoms with Crippen LogP contribution < -0.4 is 0 Å². The van der Waals surface area contributed by atoms with Crippen LogP contribution in [0.1, 0.15) is 0 Å². The number of hydrogen-bond donors (Lipinski definition) is 2. The summed E-state index contributed by atoms with van der Waals surface area (Å²) in [6, 6.07) is 0. The van der Waals surface area contributed by atoms with Gasteiger partial charge >= 0.3 is 0 Å². The molecule has 0 aliphatic carbocycles. The molecule has 116 valence electrons. The van der Waals surface area contributed by atoms with E-state index in [0.717, 1.165) is 0 Å². The Morgan fingerprint density at radius 2 is 1.24 bits per heavy atom. The summed E-state index contributed by atoms with van der Waals surface area (Å²) in [6.45, 7) is 0. The Morgan fingerprint density at radius 3 is 1.67 bits per heavy atom. The first-order valence-corrected chi connectivity index (χ1v) is 9.81. The summed E-state index contributed by atoms with van der Waals surface area (Å²) in [5.41, 5.74) is 0. The SMILES string of the molecule is O=S(=O)(O)c1c(Cl)c(Cl)c2c(S(=O)(=O)O)c(Cl)sc2c1Cl.